The van der Waals surface area contributed by atoms with Crippen LogP contribution in [0.4, 0.5) is 5.69 Å². The number of rotatable bonds is 7. The Kier molecular flexibility index (Phi) is 6.40. The lowest BCUT2D eigenvalue weighted by molar-refractivity contribution is -0.137. The topological polar surface area (TPSA) is 85.4 Å². The van der Waals surface area contributed by atoms with Crippen LogP contribution in [0.3, 0.4) is 0 Å². The van der Waals surface area contributed by atoms with Gasteiger partial charge in [-0.15, -0.1) is 0 Å². The summed E-state index contributed by atoms with van der Waals surface area (Å²) >= 11 is 0. The second-order valence-electron chi connectivity index (χ2n) is 6.89. The highest BCUT2D eigenvalue weighted by Gasteiger charge is 2.37. The van der Waals surface area contributed by atoms with E-state index in [0.717, 1.165) is 5.56 Å². The summed E-state index contributed by atoms with van der Waals surface area (Å²) in [5.74, 6) is 1.17. The number of sulfonamides is 1. The lowest BCUT2D eigenvalue weighted by Gasteiger charge is -2.36. The number of nitrogens with zero attached hydrogens (tertiary/aromatic N) is 2. The summed E-state index contributed by atoms with van der Waals surface area (Å²) in [6.45, 7) is 1.82. The Morgan fingerprint density at radius 2 is 1.87 bits per heavy atom. The van der Waals surface area contributed by atoms with Gasteiger partial charge < -0.3 is 19.1 Å². The van der Waals surface area contributed by atoms with Crippen LogP contribution < -0.4 is 18.5 Å². The number of hydrogen-bond acceptors (Lipinski definition) is 6. The first kappa shape index (κ1) is 21.8. The van der Waals surface area contributed by atoms with E-state index in [9.17, 15) is 13.2 Å². The number of hydrogen-bond donors (Lipinski definition) is 0. The van der Waals surface area contributed by atoms with Crippen molar-refractivity contribution >= 4 is 21.6 Å². The van der Waals surface area contributed by atoms with E-state index in [1.165, 1.54) is 9.21 Å². The molecule has 0 spiro atoms. The average Bonchev–Trinajstić information content (AvgIpc) is 2.77. The molecular weight excluding hydrogens is 408 g/mol. The average molecular weight is 435 g/mol. The molecule has 0 fully saturated rings. The summed E-state index contributed by atoms with van der Waals surface area (Å²) in [5, 5.41) is 0. The van der Waals surface area contributed by atoms with E-state index < -0.39 is 16.1 Å². The van der Waals surface area contributed by atoms with Crippen molar-refractivity contribution in [3.63, 3.8) is 0 Å². The highest BCUT2D eigenvalue weighted by molar-refractivity contribution is 7.92. The third kappa shape index (κ3) is 4.30. The zero-order valence-corrected chi connectivity index (χ0v) is 18.3. The van der Waals surface area contributed by atoms with Crippen molar-refractivity contribution in [2.24, 2.45) is 0 Å². The summed E-state index contributed by atoms with van der Waals surface area (Å²) in [6, 6.07) is 12.2. The number of benzene rings is 2. The van der Waals surface area contributed by atoms with Gasteiger partial charge >= 0.3 is 0 Å². The summed E-state index contributed by atoms with van der Waals surface area (Å²) in [5.41, 5.74) is 1.30. The number of carbonyl (C=O) groups is 1. The molecule has 2 aromatic rings. The van der Waals surface area contributed by atoms with Gasteiger partial charge in [-0.05, 0) is 36.8 Å². The van der Waals surface area contributed by atoms with E-state index in [1.807, 2.05) is 6.07 Å². The molecule has 0 aliphatic carbocycles. The Morgan fingerprint density at radius 1 is 1.17 bits per heavy atom. The van der Waals surface area contributed by atoms with Crippen LogP contribution in [0.25, 0.3) is 0 Å². The Balaban J connectivity index is 1.81. The fourth-order valence-corrected chi connectivity index (χ4v) is 4.45. The minimum atomic E-state index is -3.55. The van der Waals surface area contributed by atoms with Gasteiger partial charge in [0.2, 0.25) is 10.0 Å². The first-order chi connectivity index (χ1) is 14.3. The highest BCUT2D eigenvalue weighted by atomic mass is 32.2. The molecule has 0 N–H and O–H groups in total. The number of anilines is 1. The van der Waals surface area contributed by atoms with Gasteiger partial charge in [0.05, 0.1) is 32.2 Å². The van der Waals surface area contributed by atoms with E-state index >= 15 is 0 Å². The molecule has 1 heterocycles. The lowest BCUT2D eigenvalue weighted by Crippen LogP contribution is -2.51. The molecule has 9 heteroatoms. The first-order valence-electron chi connectivity index (χ1n) is 9.52. The van der Waals surface area contributed by atoms with Crippen molar-refractivity contribution in [2.75, 3.05) is 37.9 Å². The Hall–Kier alpha value is -2.94. The van der Waals surface area contributed by atoms with E-state index in [2.05, 4.69) is 0 Å². The largest absolute Gasteiger partial charge is 0.493 e. The van der Waals surface area contributed by atoms with Crippen LogP contribution in [-0.2, 0) is 21.4 Å². The number of likely N-dealkylation sites (N-methyl/N-ethyl adjacent to an activating group) is 1. The fourth-order valence-electron chi connectivity index (χ4n) is 3.33. The summed E-state index contributed by atoms with van der Waals surface area (Å²) in [6.07, 6.45) is -0.939. The summed E-state index contributed by atoms with van der Waals surface area (Å²) in [4.78, 5) is 14.6. The molecule has 2 aromatic carbocycles. The maximum absolute atomic E-state index is 13.1. The molecule has 3 rings (SSSR count). The van der Waals surface area contributed by atoms with Crippen molar-refractivity contribution in [3.05, 3.63) is 48.0 Å². The monoisotopic (exact) mass is 434 g/mol. The molecule has 0 bridgehead atoms. The Labute approximate surface area is 177 Å². The lowest BCUT2D eigenvalue weighted by atomic mass is 10.1. The van der Waals surface area contributed by atoms with Crippen LogP contribution in [0.1, 0.15) is 12.5 Å². The fraction of sp³-hybridized carbons (Fsp3) is 0.381. The van der Waals surface area contributed by atoms with E-state index in [4.69, 9.17) is 14.2 Å². The van der Waals surface area contributed by atoms with Crippen LogP contribution in [-0.4, -0.2) is 58.9 Å². The summed E-state index contributed by atoms with van der Waals surface area (Å²) < 4.78 is 42.9. The molecule has 162 valence electrons. The van der Waals surface area contributed by atoms with Crippen molar-refractivity contribution in [1.29, 1.82) is 0 Å². The summed E-state index contributed by atoms with van der Waals surface area (Å²) in [7, 11) is 1.21. The third-order valence-corrected chi connectivity index (χ3v) is 6.70. The van der Waals surface area contributed by atoms with Crippen LogP contribution in [0.15, 0.2) is 42.5 Å². The molecule has 8 nitrogen and oxygen atoms in total. The van der Waals surface area contributed by atoms with Gasteiger partial charge in [-0.3, -0.25) is 9.10 Å². The second kappa shape index (κ2) is 8.83. The smallest absolute Gasteiger partial charge is 0.265 e. The molecule has 0 aromatic heterocycles. The van der Waals surface area contributed by atoms with Gasteiger partial charge in [0.25, 0.3) is 5.91 Å². The van der Waals surface area contributed by atoms with Crippen molar-refractivity contribution in [3.8, 4) is 17.2 Å². The van der Waals surface area contributed by atoms with Crippen LogP contribution in [0.2, 0.25) is 0 Å². The maximum atomic E-state index is 13.1. The predicted molar refractivity (Wildman–Crippen MR) is 114 cm³/mol. The minimum Gasteiger partial charge on any atom is -0.493 e. The number of methoxy groups -OCH3 is 2. The normalized spacial score (nSPS) is 15.7. The van der Waals surface area contributed by atoms with E-state index in [1.54, 1.807) is 64.6 Å². The number of para-hydroxylation sites is 2. The number of carbonyl (C=O) groups excluding carboxylic acids is 1. The molecule has 1 aliphatic heterocycles. The molecule has 30 heavy (non-hydrogen) atoms. The minimum absolute atomic E-state index is 0.0657. The van der Waals surface area contributed by atoms with Crippen molar-refractivity contribution in [2.45, 2.75) is 19.6 Å². The molecule has 0 unspecified atom stereocenters. The van der Waals surface area contributed by atoms with E-state index in [0.29, 0.717) is 29.5 Å². The number of amides is 1. The molecule has 1 atom stereocenters. The van der Waals surface area contributed by atoms with Gasteiger partial charge in [-0.25, -0.2) is 8.42 Å². The zero-order valence-electron chi connectivity index (χ0n) is 17.5. The molecule has 0 saturated heterocycles. The standard InChI is InChI=1S/C21H26N2O6S/c1-5-30(25,26)23-14-20(29-17-9-7-6-8-16(17)23)21(24)22(2)13-15-10-11-18(27-3)19(12-15)28-4/h6-12,20H,5,13-14H2,1-4H3/t20-/m1/s1. The van der Waals surface area contributed by atoms with E-state index in [-0.39, 0.29) is 18.2 Å². The van der Waals surface area contributed by atoms with Crippen LogP contribution >= 0.6 is 0 Å². The Morgan fingerprint density at radius 3 is 2.53 bits per heavy atom. The quantitative estimate of drug-likeness (QED) is 0.665. The number of fused-ring (bicyclic) bond motifs is 1. The molecule has 0 saturated carbocycles. The van der Waals surface area contributed by atoms with Crippen LogP contribution in [0.5, 0.6) is 17.2 Å². The molecule has 1 aliphatic rings. The number of ether oxygens (including phenoxy) is 3. The Bertz CT molecular complexity index is 1020. The zero-order chi connectivity index (χ0) is 21.9. The van der Waals surface area contributed by atoms with Gasteiger partial charge in [-0.1, -0.05) is 18.2 Å². The molecule has 1 amide bonds. The highest BCUT2D eigenvalue weighted by Crippen LogP contribution is 2.35. The van der Waals surface area contributed by atoms with Crippen molar-refractivity contribution in [1.82, 2.24) is 4.90 Å². The first-order valence-corrected chi connectivity index (χ1v) is 11.1. The van der Waals surface area contributed by atoms with Gasteiger partial charge in [0.15, 0.2) is 17.6 Å². The molecule has 0 radical (unpaired) electrons. The second-order valence-corrected chi connectivity index (χ2v) is 9.07. The van der Waals surface area contributed by atoms with Crippen molar-refractivity contribution < 1.29 is 27.4 Å². The molecular formula is C21H26N2O6S. The van der Waals surface area contributed by atoms with Gasteiger partial charge in [-0.2, -0.15) is 0 Å². The predicted octanol–water partition coefficient (Wildman–Crippen LogP) is 2.28. The van der Waals surface area contributed by atoms with Crippen LogP contribution in [0, 0.1) is 0 Å². The van der Waals surface area contributed by atoms with Gasteiger partial charge in [0, 0.05) is 13.6 Å². The SMILES string of the molecule is CCS(=O)(=O)N1C[C@H](C(=O)N(C)Cc2ccc(OC)c(OC)c2)Oc2ccccc21. The van der Waals surface area contributed by atoms with Gasteiger partial charge in [0.1, 0.15) is 5.75 Å². The third-order valence-electron chi connectivity index (χ3n) is 4.95. The maximum Gasteiger partial charge on any atom is 0.265 e.